The van der Waals surface area contributed by atoms with Gasteiger partial charge in [0.25, 0.3) is 0 Å². The van der Waals surface area contributed by atoms with Crippen LogP contribution in [0, 0.1) is 17.5 Å². The predicted octanol–water partition coefficient (Wildman–Crippen LogP) is 2.19. The summed E-state index contributed by atoms with van der Waals surface area (Å²) in [4.78, 5) is 10.0. The Kier molecular flexibility index (Phi) is 2.41. The number of benzene rings is 1. The maximum atomic E-state index is 12.7. The number of hydrogen-bond acceptors (Lipinski definition) is 1. The second-order valence-electron chi connectivity index (χ2n) is 2.15. The Morgan fingerprint density at radius 1 is 1.23 bits per heavy atom. The number of nitrogens with one attached hydrogen (secondary N) is 1. The topological polar surface area (TPSA) is 49.3 Å². The number of carboxylic acid groups (broad SMARTS) is 1. The van der Waals surface area contributed by atoms with Crippen molar-refractivity contribution in [3.05, 3.63) is 29.6 Å². The van der Waals surface area contributed by atoms with Gasteiger partial charge in [0.2, 0.25) is 0 Å². The molecule has 13 heavy (non-hydrogen) atoms. The maximum absolute atomic E-state index is 12.7. The second-order valence-corrected chi connectivity index (χ2v) is 2.15. The minimum Gasteiger partial charge on any atom is -0.465 e. The molecule has 0 radical (unpaired) electrons. The van der Waals surface area contributed by atoms with Crippen molar-refractivity contribution >= 4 is 11.8 Å². The summed E-state index contributed by atoms with van der Waals surface area (Å²) in [5.41, 5.74) is -0.619. The van der Waals surface area contributed by atoms with Crippen molar-refractivity contribution in [3.8, 4) is 0 Å². The van der Waals surface area contributed by atoms with Gasteiger partial charge in [-0.25, -0.2) is 18.0 Å². The molecule has 0 aliphatic carbocycles. The summed E-state index contributed by atoms with van der Waals surface area (Å²) in [5, 5.41) is 9.73. The van der Waals surface area contributed by atoms with Crippen LogP contribution in [0.5, 0.6) is 0 Å². The number of halogens is 3. The van der Waals surface area contributed by atoms with Crippen LogP contribution in [0.2, 0.25) is 0 Å². The highest BCUT2D eigenvalue weighted by atomic mass is 19.2. The van der Waals surface area contributed by atoms with E-state index in [4.69, 9.17) is 5.11 Å². The predicted molar refractivity (Wildman–Crippen MR) is 38.0 cm³/mol. The third-order valence-electron chi connectivity index (χ3n) is 1.28. The standard InChI is InChI=1S/C7H4F3NO2/c8-3-1-2-4(11-7(12)13)6(10)5(3)9/h1-2,11H,(H,12,13). The molecule has 1 amide bonds. The van der Waals surface area contributed by atoms with Crippen molar-refractivity contribution in [2.75, 3.05) is 5.32 Å². The summed E-state index contributed by atoms with van der Waals surface area (Å²) >= 11 is 0. The molecule has 2 N–H and O–H groups in total. The normalized spacial score (nSPS) is 9.77. The highest BCUT2D eigenvalue weighted by Crippen LogP contribution is 2.19. The molecule has 0 saturated heterocycles. The van der Waals surface area contributed by atoms with E-state index in [1.807, 2.05) is 0 Å². The van der Waals surface area contributed by atoms with Gasteiger partial charge in [0.15, 0.2) is 17.5 Å². The molecule has 0 saturated carbocycles. The highest BCUT2D eigenvalue weighted by Gasteiger charge is 2.14. The van der Waals surface area contributed by atoms with E-state index in [9.17, 15) is 18.0 Å². The number of amides is 1. The van der Waals surface area contributed by atoms with Gasteiger partial charge in [-0.05, 0) is 12.1 Å². The first kappa shape index (κ1) is 9.37. The monoisotopic (exact) mass is 191 g/mol. The van der Waals surface area contributed by atoms with E-state index in [-0.39, 0.29) is 0 Å². The summed E-state index contributed by atoms with van der Waals surface area (Å²) in [6, 6.07) is 1.42. The van der Waals surface area contributed by atoms with E-state index < -0.39 is 29.2 Å². The minimum absolute atomic E-state index is 0.619. The molecule has 3 nitrogen and oxygen atoms in total. The zero-order chi connectivity index (χ0) is 10.0. The molecule has 0 atom stereocenters. The maximum Gasteiger partial charge on any atom is 0.409 e. The van der Waals surface area contributed by atoms with Gasteiger partial charge in [-0.2, -0.15) is 0 Å². The molecule has 0 bridgehead atoms. The molecule has 1 aromatic rings. The van der Waals surface area contributed by atoms with E-state index in [1.165, 1.54) is 0 Å². The number of carbonyl (C=O) groups is 1. The molecule has 6 heteroatoms. The lowest BCUT2D eigenvalue weighted by Gasteiger charge is -2.02. The fourth-order valence-electron chi connectivity index (χ4n) is 0.738. The van der Waals surface area contributed by atoms with Crippen LogP contribution in [0.4, 0.5) is 23.7 Å². The lowest BCUT2D eigenvalue weighted by molar-refractivity contribution is 0.209. The Bertz CT molecular complexity index is 354. The summed E-state index contributed by atoms with van der Waals surface area (Å²) in [6.07, 6.45) is -1.55. The molecule has 70 valence electrons. The van der Waals surface area contributed by atoms with Crippen molar-refractivity contribution in [2.24, 2.45) is 0 Å². The molecule has 0 aliphatic rings. The Morgan fingerprint density at radius 2 is 1.85 bits per heavy atom. The van der Waals surface area contributed by atoms with Crippen molar-refractivity contribution < 1.29 is 23.1 Å². The van der Waals surface area contributed by atoms with E-state index >= 15 is 0 Å². The average molecular weight is 191 g/mol. The zero-order valence-corrected chi connectivity index (χ0v) is 6.14. The first-order valence-electron chi connectivity index (χ1n) is 3.16. The lowest BCUT2D eigenvalue weighted by atomic mass is 10.3. The molecule has 0 fully saturated rings. The number of anilines is 1. The van der Waals surface area contributed by atoms with Gasteiger partial charge in [-0.15, -0.1) is 0 Å². The van der Waals surface area contributed by atoms with E-state index in [0.29, 0.717) is 6.07 Å². The van der Waals surface area contributed by atoms with Crippen molar-refractivity contribution in [2.45, 2.75) is 0 Å². The van der Waals surface area contributed by atoms with Gasteiger partial charge in [-0.1, -0.05) is 0 Å². The highest BCUT2D eigenvalue weighted by molar-refractivity contribution is 5.82. The molecule has 1 aromatic carbocycles. The van der Waals surface area contributed by atoms with Crippen LogP contribution in [0.25, 0.3) is 0 Å². The molecule has 0 spiro atoms. The van der Waals surface area contributed by atoms with Crippen molar-refractivity contribution in [3.63, 3.8) is 0 Å². The summed E-state index contributed by atoms with van der Waals surface area (Å²) in [7, 11) is 0. The largest absolute Gasteiger partial charge is 0.465 e. The second kappa shape index (κ2) is 3.34. The number of hydrogen-bond donors (Lipinski definition) is 2. The van der Waals surface area contributed by atoms with Crippen molar-refractivity contribution in [1.29, 1.82) is 0 Å². The smallest absolute Gasteiger partial charge is 0.409 e. The molecule has 0 aromatic heterocycles. The molecule has 0 unspecified atom stereocenters. The quantitative estimate of drug-likeness (QED) is 0.668. The third-order valence-corrected chi connectivity index (χ3v) is 1.28. The fraction of sp³-hybridized carbons (Fsp3) is 0. The first-order valence-corrected chi connectivity index (χ1v) is 3.16. The van der Waals surface area contributed by atoms with Gasteiger partial charge in [0.1, 0.15) is 0 Å². The van der Waals surface area contributed by atoms with Gasteiger partial charge < -0.3 is 5.11 Å². The van der Waals surface area contributed by atoms with Crippen LogP contribution >= 0.6 is 0 Å². The van der Waals surface area contributed by atoms with Crippen LogP contribution in [0.15, 0.2) is 12.1 Å². The van der Waals surface area contributed by atoms with Crippen LogP contribution < -0.4 is 5.32 Å². The van der Waals surface area contributed by atoms with Crippen LogP contribution in [0.3, 0.4) is 0 Å². The SMILES string of the molecule is O=C(O)Nc1ccc(F)c(F)c1F. The minimum atomic E-state index is -1.70. The average Bonchev–Trinajstić information content (AvgIpc) is 2.06. The van der Waals surface area contributed by atoms with Crippen LogP contribution in [-0.4, -0.2) is 11.2 Å². The molecule has 1 rings (SSSR count). The van der Waals surface area contributed by atoms with E-state index in [2.05, 4.69) is 0 Å². The van der Waals surface area contributed by atoms with Crippen LogP contribution in [0.1, 0.15) is 0 Å². The third kappa shape index (κ3) is 1.90. The zero-order valence-electron chi connectivity index (χ0n) is 6.14. The van der Waals surface area contributed by atoms with Gasteiger partial charge in [0.05, 0.1) is 5.69 Å². The lowest BCUT2D eigenvalue weighted by Crippen LogP contribution is -2.10. The Labute approximate surface area is 70.8 Å². The molecule has 0 aliphatic heterocycles. The van der Waals surface area contributed by atoms with Gasteiger partial charge in [0, 0.05) is 0 Å². The van der Waals surface area contributed by atoms with Crippen LogP contribution in [-0.2, 0) is 0 Å². The summed E-state index contributed by atoms with van der Waals surface area (Å²) < 4.78 is 37.4. The van der Waals surface area contributed by atoms with E-state index in [0.717, 1.165) is 6.07 Å². The first-order chi connectivity index (χ1) is 6.02. The molecule has 0 heterocycles. The molecular weight excluding hydrogens is 187 g/mol. The van der Waals surface area contributed by atoms with Gasteiger partial charge in [-0.3, -0.25) is 5.32 Å². The van der Waals surface area contributed by atoms with Gasteiger partial charge >= 0.3 is 6.09 Å². The van der Waals surface area contributed by atoms with E-state index in [1.54, 1.807) is 5.32 Å². The van der Waals surface area contributed by atoms with Crippen molar-refractivity contribution in [1.82, 2.24) is 0 Å². The summed E-state index contributed by atoms with van der Waals surface area (Å²) in [6.45, 7) is 0. The fourth-order valence-corrected chi connectivity index (χ4v) is 0.738. The Hall–Kier alpha value is -1.72. The number of rotatable bonds is 1. The summed E-state index contributed by atoms with van der Waals surface area (Å²) in [5.74, 6) is -4.62. The Morgan fingerprint density at radius 3 is 2.38 bits per heavy atom. The molecular formula is C7H4F3NO2. The Balaban J connectivity index is 3.10.